The van der Waals surface area contributed by atoms with E-state index in [1.54, 1.807) is 54.6 Å². The first kappa shape index (κ1) is 22.3. The number of esters is 1. The number of hydrogen-bond donors (Lipinski definition) is 0. The highest BCUT2D eigenvalue weighted by Gasteiger charge is 2.34. The Bertz CT molecular complexity index is 1230. The molecule has 0 aromatic heterocycles. The van der Waals surface area contributed by atoms with E-state index in [-0.39, 0.29) is 23.3 Å². The van der Waals surface area contributed by atoms with Crippen molar-refractivity contribution in [1.29, 1.82) is 0 Å². The van der Waals surface area contributed by atoms with Crippen LogP contribution in [0.25, 0.3) is 6.08 Å². The molecule has 5 nitrogen and oxygen atoms in total. The van der Waals surface area contributed by atoms with Gasteiger partial charge in [-0.25, -0.2) is 4.79 Å². The van der Waals surface area contributed by atoms with Crippen LogP contribution < -0.4 is 4.74 Å². The van der Waals surface area contributed by atoms with Gasteiger partial charge in [0.2, 0.25) is 0 Å². The maximum atomic E-state index is 12.7. The maximum Gasteiger partial charge on any atom is 0.345 e. The standard InChI is InChI=1S/C24H15BrClNO4S/c25-17-9-5-16(6-10-17)14-27-22(28)21(32-24(27)30)13-15-7-11-18(12-8-15)31-23(29)19-3-1-2-4-20(19)26/h1-13H,14H2/b21-13-. The first-order valence-electron chi connectivity index (χ1n) is 9.47. The van der Waals surface area contributed by atoms with Crippen molar-refractivity contribution in [2.45, 2.75) is 6.54 Å². The lowest BCUT2D eigenvalue weighted by Crippen LogP contribution is -2.27. The predicted molar refractivity (Wildman–Crippen MR) is 129 cm³/mol. The van der Waals surface area contributed by atoms with E-state index in [4.69, 9.17) is 16.3 Å². The van der Waals surface area contributed by atoms with Crippen LogP contribution >= 0.6 is 39.3 Å². The van der Waals surface area contributed by atoms with Crippen molar-refractivity contribution >= 4 is 62.5 Å². The van der Waals surface area contributed by atoms with Crippen molar-refractivity contribution in [3.05, 3.63) is 104 Å². The molecule has 160 valence electrons. The Morgan fingerprint density at radius 1 is 1.00 bits per heavy atom. The van der Waals surface area contributed by atoms with Crippen LogP contribution in [0.4, 0.5) is 4.79 Å². The largest absolute Gasteiger partial charge is 0.423 e. The zero-order valence-electron chi connectivity index (χ0n) is 16.5. The van der Waals surface area contributed by atoms with Gasteiger partial charge in [0.25, 0.3) is 11.1 Å². The maximum absolute atomic E-state index is 12.7. The van der Waals surface area contributed by atoms with Gasteiger partial charge < -0.3 is 4.74 Å². The van der Waals surface area contributed by atoms with Gasteiger partial charge in [0.15, 0.2) is 0 Å². The molecule has 3 aromatic rings. The van der Waals surface area contributed by atoms with E-state index >= 15 is 0 Å². The average molecular weight is 529 g/mol. The van der Waals surface area contributed by atoms with Gasteiger partial charge in [0, 0.05) is 4.47 Å². The highest BCUT2D eigenvalue weighted by molar-refractivity contribution is 9.10. The van der Waals surface area contributed by atoms with E-state index in [2.05, 4.69) is 15.9 Å². The summed E-state index contributed by atoms with van der Waals surface area (Å²) in [6, 6.07) is 20.7. The second-order valence-corrected chi connectivity index (χ2v) is 9.15. The molecule has 8 heteroatoms. The molecule has 0 spiro atoms. The van der Waals surface area contributed by atoms with E-state index in [1.165, 1.54) is 4.90 Å². The van der Waals surface area contributed by atoms with Crippen LogP contribution in [-0.4, -0.2) is 22.0 Å². The number of benzene rings is 3. The quantitative estimate of drug-likeness (QED) is 0.213. The molecule has 1 fully saturated rings. The number of ether oxygens (including phenoxy) is 1. The molecule has 32 heavy (non-hydrogen) atoms. The molecular weight excluding hydrogens is 514 g/mol. The summed E-state index contributed by atoms with van der Waals surface area (Å²) in [5, 5.41) is 0.00226. The number of amides is 2. The van der Waals surface area contributed by atoms with Crippen LogP contribution in [0.2, 0.25) is 5.02 Å². The number of carbonyl (C=O) groups is 3. The topological polar surface area (TPSA) is 63.7 Å². The van der Waals surface area contributed by atoms with Crippen molar-refractivity contribution in [2.75, 3.05) is 0 Å². The molecule has 1 aliphatic heterocycles. The summed E-state index contributed by atoms with van der Waals surface area (Å²) in [4.78, 5) is 38.9. The Balaban J connectivity index is 1.44. The van der Waals surface area contributed by atoms with Crippen LogP contribution in [0, 0.1) is 0 Å². The van der Waals surface area contributed by atoms with Crippen molar-refractivity contribution < 1.29 is 19.1 Å². The minimum atomic E-state index is -0.558. The van der Waals surface area contributed by atoms with Gasteiger partial charge in [-0.15, -0.1) is 0 Å². The predicted octanol–water partition coefficient (Wildman–Crippen LogP) is 6.56. The summed E-state index contributed by atoms with van der Waals surface area (Å²) in [6.45, 7) is 0.215. The van der Waals surface area contributed by atoms with Crippen molar-refractivity contribution in [2.24, 2.45) is 0 Å². The summed E-state index contributed by atoms with van der Waals surface area (Å²) < 4.78 is 6.28. The van der Waals surface area contributed by atoms with E-state index in [9.17, 15) is 14.4 Å². The molecule has 2 amide bonds. The summed E-state index contributed by atoms with van der Waals surface area (Å²) >= 11 is 10.3. The van der Waals surface area contributed by atoms with Gasteiger partial charge in [-0.2, -0.15) is 0 Å². The third kappa shape index (κ3) is 5.12. The molecule has 0 N–H and O–H groups in total. The smallest absolute Gasteiger partial charge is 0.345 e. The van der Waals surface area contributed by atoms with Crippen LogP contribution in [0.1, 0.15) is 21.5 Å². The third-order valence-corrected chi connectivity index (χ3v) is 6.38. The Labute approximate surface area is 202 Å². The highest BCUT2D eigenvalue weighted by Crippen LogP contribution is 2.33. The molecule has 0 aliphatic carbocycles. The van der Waals surface area contributed by atoms with Gasteiger partial charge in [0.05, 0.1) is 22.0 Å². The van der Waals surface area contributed by atoms with Gasteiger partial charge in [-0.05, 0) is 65.4 Å². The molecule has 0 unspecified atom stereocenters. The highest BCUT2D eigenvalue weighted by atomic mass is 79.9. The van der Waals surface area contributed by atoms with Gasteiger partial charge in [-0.3, -0.25) is 14.5 Å². The molecule has 3 aromatic carbocycles. The van der Waals surface area contributed by atoms with Crippen LogP contribution in [0.3, 0.4) is 0 Å². The minimum Gasteiger partial charge on any atom is -0.423 e. The number of carbonyl (C=O) groups excluding carboxylic acids is 3. The fourth-order valence-corrected chi connectivity index (χ4v) is 4.30. The van der Waals surface area contributed by atoms with Crippen molar-refractivity contribution in [3.63, 3.8) is 0 Å². The number of halogens is 2. The number of rotatable bonds is 5. The summed E-state index contributed by atoms with van der Waals surface area (Å²) in [5.74, 6) is -0.551. The molecule has 1 aliphatic rings. The number of hydrogen-bond acceptors (Lipinski definition) is 5. The Hall–Kier alpha value is -2.87. The molecule has 4 rings (SSSR count). The zero-order valence-corrected chi connectivity index (χ0v) is 19.6. The number of thioether (sulfide) groups is 1. The lowest BCUT2D eigenvalue weighted by atomic mass is 10.2. The number of nitrogens with zero attached hydrogens (tertiary/aromatic N) is 1. The zero-order chi connectivity index (χ0) is 22.7. The molecule has 1 saturated heterocycles. The fraction of sp³-hybridized carbons (Fsp3) is 0.0417. The molecule has 0 radical (unpaired) electrons. The SMILES string of the molecule is O=C(Oc1ccc(/C=C2\SC(=O)N(Cc3ccc(Br)cc3)C2=O)cc1)c1ccccc1Cl. The third-order valence-electron chi connectivity index (χ3n) is 4.61. The Morgan fingerprint density at radius 2 is 1.69 bits per heavy atom. The molecule has 0 saturated carbocycles. The van der Waals surface area contributed by atoms with Gasteiger partial charge in [0.1, 0.15) is 5.75 Å². The molecule has 1 heterocycles. The lowest BCUT2D eigenvalue weighted by Gasteiger charge is -2.12. The van der Waals surface area contributed by atoms with Crippen molar-refractivity contribution in [3.8, 4) is 5.75 Å². The second-order valence-electron chi connectivity index (χ2n) is 6.83. The molecular formula is C24H15BrClNO4S. The number of imide groups is 1. The van der Waals surface area contributed by atoms with Crippen LogP contribution in [-0.2, 0) is 11.3 Å². The van der Waals surface area contributed by atoms with Crippen molar-refractivity contribution in [1.82, 2.24) is 4.90 Å². The monoisotopic (exact) mass is 527 g/mol. The summed E-state index contributed by atoms with van der Waals surface area (Å²) in [7, 11) is 0. The first-order valence-corrected chi connectivity index (χ1v) is 11.5. The van der Waals surface area contributed by atoms with Crippen LogP contribution in [0.5, 0.6) is 5.75 Å². The van der Waals surface area contributed by atoms with Gasteiger partial charge >= 0.3 is 5.97 Å². The van der Waals surface area contributed by atoms with E-state index in [1.807, 2.05) is 24.3 Å². The Morgan fingerprint density at radius 3 is 2.38 bits per heavy atom. The lowest BCUT2D eigenvalue weighted by molar-refractivity contribution is -0.123. The minimum absolute atomic E-state index is 0.215. The fourth-order valence-electron chi connectivity index (χ4n) is 2.98. The van der Waals surface area contributed by atoms with Crippen LogP contribution in [0.15, 0.2) is 82.2 Å². The molecule has 0 bridgehead atoms. The normalized spacial score (nSPS) is 14.8. The average Bonchev–Trinajstić information content (AvgIpc) is 3.04. The molecule has 0 atom stereocenters. The second kappa shape index (κ2) is 9.73. The Kier molecular flexibility index (Phi) is 6.79. The first-order chi connectivity index (χ1) is 15.4. The van der Waals surface area contributed by atoms with E-state index in [0.29, 0.717) is 21.2 Å². The summed E-state index contributed by atoms with van der Waals surface area (Å²) in [6.07, 6.45) is 1.64. The van der Waals surface area contributed by atoms with Gasteiger partial charge in [-0.1, -0.05) is 63.9 Å². The van der Waals surface area contributed by atoms with E-state index < -0.39 is 5.97 Å². The summed E-state index contributed by atoms with van der Waals surface area (Å²) in [5.41, 5.74) is 1.84. The van der Waals surface area contributed by atoms with E-state index in [0.717, 1.165) is 21.8 Å².